The minimum absolute atomic E-state index is 0.222. The summed E-state index contributed by atoms with van der Waals surface area (Å²) in [6.45, 7) is 4.59. The van der Waals surface area contributed by atoms with E-state index in [9.17, 15) is 9.59 Å². The molecule has 0 aliphatic heterocycles. The Morgan fingerprint density at radius 3 is 2.64 bits per heavy atom. The molecule has 0 saturated carbocycles. The molecule has 132 valence electrons. The lowest BCUT2D eigenvalue weighted by atomic mass is 10.1. The molecule has 25 heavy (non-hydrogen) atoms. The van der Waals surface area contributed by atoms with E-state index in [1.807, 2.05) is 13.8 Å². The number of carbonyl (C=O) groups is 2. The van der Waals surface area contributed by atoms with E-state index in [4.69, 9.17) is 11.6 Å². The molecule has 0 aliphatic carbocycles. The molecular weight excluding hydrogens is 358 g/mol. The van der Waals surface area contributed by atoms with Crippen molar-refractivity contribution in [1.29, 1.82) is 0 Å². The van der Waals surface area contributed by atoms with Crippen molar-refractivity contribution in [2.45, 2.75) is 25.3 Å². The highest BCUT2D eigenvalue weighted by atomic mass is 35.5. The van der Waals surface area contributed by atoms with Crippen LogP contribution in [0.4, 0.5) is 5.69 Å². The Morgan fingerprint density at radius 1 is 1.16 bits per heavy atom. The van der Waals surface area contributed by atoms with Crippen LogP contribution in [0.25, 0.3) is 0 Å². The number of carbonyl (C=O) groups excluding carboxylic acids is 2. The van der Waals surface area contributed by atoms with Gasteiger partial charge in [0.05, 0.1) is 15.6 Å². The van der Waals surface area contributed by atoms with Crippen molar-refractivity contribution < 1.29 is 9.59 Å². The Morgan fingerprint density at radius 2 is 1.96 bits per heavy atom. The van der Waals surface area contributed by atoms with Gasteiger partial charge in [0.2, 0.25) is 0 Å². The third-order valence-corrected chi connectivity index (χ3v) is 4.42. The molecule has 2 N–H and O–H groups in total. The fourth-order valence-electron chi connectivity index (χ4n) is 2.09. The lowest BCUT2D eigenvalue weighted by molar-refractivity contribution is 0.0953. The van der Waals surface area contributed by atoms with Crippen LogP contribution in [0.5, 0.6) is 0 Å². The Hall–Kier alpha value is -2.05. The van der Waals surface area contributed by atoms with Crippen LogP contribution in [-0.4, -0.2) is 29.1 Å². The van der Waals surface area contributed by atoms with Crippen molar-refractivity contribution in [3.63, 3.8) is 0 Å². The molecule has 1 aromatic heterocycles. The van der Waals surface area contributed by atoms with Gasteiger partial charge in [-0.2, -0.15) is 0 Å². The van der Waals surface area contributed by atoms with Crippen LogP contribution in [0.3, 0.4) is 0 Å². The molecule has 0 spiro atoms. The van der Waals surface area contributed by atoms with E-state index in [2.05, 4.69) is 15.6 Å². The predicted molar refractivity (Wildman–Crippen MR) is 103 cm³/mol. The molecule has 5 nitrogen and oxygen atoms in total. The van der Waals surface area contributed by atoms with Crippen LogP contribution in [0.15, 0.2) is 41.6 Å². The van der Waals surface area contributed by atoms with Gasteiger partial charge >= 0.3 is 0 Å². The maximum atomic E-state index is 12.4. The van der Waals surface area contributed by atoms with Gasteiger partial charge in [-0.3, -0.25) is 9.59 Å². The largest absolute Gasteiger partial charge is 0.352 e. The van der Waals surface area contributed by atoms with Crippen molar-refractivity contribution in [2.75, 3.05) is 17.6 Å². The number of halogens is 1. The molecule has 0 unspecified atom stereocenters. The first-order valence-corrected chi connectivity index (χ1v) is 9.39. The molecule has 7 heteroatoms. The van der Waals surface area contributed by atoms with E-state index in [1.165, 1.54) is 0 Å². The predicted octanol–water partition coefficient (Wildman–Crippen LogP) is 4.24. The van der Waals surface area contributed by atoms with Crippen molar-refractivity contribution in [2.24, 2.45) is 0 Å². The average molecular weight is 378 g/mol. The van der Waals surface area contributed by atoms with Crippen LogP contribution in [0.1, 0.15) is 41.0 Å². The molecule has 2 aromatic rings. The van der Waals surface area contributed by atoms with E-state index in [1.54, 1.807) is 48.3 Å². The molecule has 0 radical (unpaired) electrons. The molecule has 1 aromatic carbocycles. The van der Waals surface area contributed by atoms with Crippen LogP contribution >= 0.6 is 23.4 Å². The van der Waals surface area contributed by atoms with Gasteiger partial charge < -0.3 is 10.6 Å². The molecule has 2 amide bonds. The zero-order valence-corrected chi connectivity index (χ0v) is 15.7. The minimum Gasteiger partial charge on any atom is -0.352 e. The number of nitrogens with one attached hydrogen (secondary N) is 2. The number of hydrogen-bond acceptors (Lipinski definition) is 4. The summed E-state index contributed by atoms with van der Waals surface area (Å²) in [4.78, 5) is 28.6. The fraction of sp³-hybridized carbons (Fsp3) is 0.278. The van der Waals surface area contributed by atoms with Crippen LogP contribution in [0.2, 0.25) is 5.02 Å². The smallest absolute Gasteiger partial charge is 0.255 e. The van der Waals surface area contributed by atoms with Crippen molar-refractivity contribution in [3.05, 3.63) is 52.7 Å². The van der Waals surface area contributed by atoms with Gasteiger partial charge in [-0.1, -0.05) is 25.4 Å². The van der Waals surface area contributed by atoms with Crippen molar-refractivity contribution in [1.82, 2.24) is 10.3 Å². The normalized spacial score (nSPS) is 10.4. The summed E-state index contributed by atoms with van der Waals surface area (Å²) in [5.41, 5.74) is 1.44. The highest BCUT2D eigenvalue weighted by molar-refractivity contribution is 7.99. The standard InChI is InChI=1S/C18H20ClN3O2S/c1-3-8-21-18(24)14-6-5-13(11-15(14)19)22-17(23)12-7-9-20-16(10-12)25-4-2/h5-7,9-11H,3-4,8H2,1-2H3,(H,21,24)(H,22,23). The lowest BCUT2D eigenvalue weighted by Gasteiger charge is -2.09. The van der Waals surface area contributed by atoms with Crippen LogP contribution in [0, 0.1) is 0 Å². The first-order valence-electron chi connectivity index (χ1n) is 8.03. The summed E-state index contributed by atoms with van der Waals surface area (Å²) in [6, 6.07) is 8.24. The third kappa shape index (κ3) is 5.47. The number of benzene rings is 1. The van der Waals surface area contributed by atoms with Gasteiger partial charge in [0.1, 0.15) is 0 Å². The fourth-order valence-corrected chi connectivity index (χ4v) is 3.00. The number of pyridine rings is 1. The second kappa shape index (κ2) is 9.44. The average Bonchev–Trinajstić information content (AvgIpc) is 2.60. The zero-order valence-electron chi connectivity index (χ0n) is 14.1. The van der Waals surface area contributed by atoms with E-state index < -0.39 is 0 Å². The third-order valence-electron chi connectivity index (χ3n) is 3.30. The number of aromatic nitrogens is 1. The van der Waals surface area contributed by atoms with E-state index in [0.717, 1.165) is 17.2 Å². The Kier molecular flexibility index (Phi) is 7.28. The first-order chi connectivity index (χ1) is 12.0. The topological polar surface area (TPSA) is 71.1 Å². The molecule has 2 rings (SSSR count). The molecule has 0 bridgehead atoms. The maximum absolute atomic E-state index is 12.4. The first kappa shape index (κ1) is 19.3. The molecule has 0 saturated heterocycles. The van der Waals surface area contributed by atoms with Crippen molar-refractivity contribution >= 4 is 40.9 Å². The Labute approximate surface area is 156 Å². The summed E-state index contributed by atoms with van der Waals surface area (Å²) in [7, 11) is 0. The number of nitrogens with zero attached hydrogens (tertiary/aromatic N) is 1. The quantitative estimate of drug-likeness (QED) is 0.708. The van der Waals surface area contributed by atoms with Crippen LogP contribution < -0.4 is 10.6 Å². The summed E-state index contributed by atoms with van der Waals surface area (Å²) in [6.07, 6.45) is 2.46. The lowest BCUT2D eigenvalue weighted by Crippen LogP contribution is -2.24. The second-order valence-corrected chi connectivity index (χ2v) is 6.91. The molecule has 0 fully saturated rings. The maximum Gasteiger partial charge on any atom is 0.255 e. The monoisotopic (exact) mass is 377 g/mol. The molecule has 0 aliphatic rings. The summed E-state index contributed by atoms with van der Waals surface area (Å²) in [5.74, 6) is 0.412. The highest BCUT2D eigenvalue weighted by Gasteiger charge is 2.12. The van der Waals surface area contributed by atoms with E-state index in [-0.39, 0.29) is 11.8 Å². The number of amides is 2. The van der Waals surface area contributed by atoms with Gasteiger partial charge in [-0.05, 0) is 42.5 Å². The van der Waals surface area contributed by atoms with E-state index >= 15 is 0 Å². The number of thioether (sulfide) groups is 1. The van der Waals surface area contributed by atoms with Crippen molar-refractivity contribution in [3.8, 4) is 0 Å². The number of rotatable bonds is 7. The Balaban J connectivity index is 2.10. The van der Waals surface area contributed by atoms with Gasteiger partial charge in [-0.15, -0.1) is 11.8 Å². The van der Waals surface area contributed by atoms with Gasteiger partial charge in [-0.25, -0.2) is 4.98 Å². The highest BCUT2D eigenvalue weighted by Crippen LogP contribution is 2.22. The second-order valence-electron chi connectivity index (χ2n) is 5.22. The minimum atomic E-state index is -0.250. The number of anilines is 1. The zero-order chi connectivity index (χ0) is 18.2. The van der Waals surface area contributed by atoms with Crippen LogP contribution in [-0.2, 0) is 0 Å². The Bertz CT molecular complexity index is 768. The number of hydrogen-bond donors (Lipinski definition) is 2. The molecule has 1 heterocycles. The van der Waals surface area contributed by atoms with Gasteiger partial charge in [0.15, 0.2) is 0 Å². The molecular formula is C18H20ClN3O2S. The summed E-state index contributed by atoms with van der Waals surface area (Å²) < 4.78 is 0. The summed E-state index contributed by atoms with van der Waals surface area (Å²) >= 11 is 7.74. The van der Waals surface area contributed by atoms with Gasteiger partial charge in [0, 0.05) is 24.0 Å². The molecule has 0 atom stereocenters. The SMILES string of the molecule is CCCNC(=O)c1ccc(NC(=O)c2ccnc(SCC)c2)cc1Cl. The summed E-state index contributed by atoms with van der Waals surface area (Å²) in [5, 5.41) is 6.66. The van der Waals surface area contributed by atoms with Gasteiger partial charge in [0.25, 0.3) is 11.8 Å². The van der Waals surface area contributed by atoms with E-state index in [0.29, 0.717) is 28.4 Å².